The number of aryl methyl sites for hydroxylation is 3. The molecule has 0 radical (unpaired) electrons. The average molecular weight is 1440 g/mol. The van der Waals surface area contributed by atoms with Crippen molar-refractivity contribution < 1.29 is 87.9 Å². The maximum absolute atomic E-state index is 10.8. The van der Waals surface area contributed by atoms with Crippen molar-refractivity contribution in [3.63, 3.8) is 0 Å². The fourth-order valence-corrected chi connectivity index (χ4v) is 15.5. The molecule has 0 amide bonds. The van der Waals surface area contributed by atoms with Crippen LogP contribution < -0.4 is 30.1 Å². The summed E-state index contributed by atoms with van der Waals surface area (Å²) in [5, 5.41) is -3.22. The van der Waals surface area contributed by atoms with E-state index in [1.165, 1.54) is 59.2 Å². The summed E-state index contributed by atoms with van der Waals surface area (Å²) in [4.78, 5) is 4.66. The molecule has 13 aromatic carbocycles. The van der Waals surface area contributed by atoms with Gasteiger partial charge in [-0.05, 0) is 155 Å². The number of rotatable bonds is 14. The Morgan fingerprint density at radius 2 is 1.02 bits per heavy atom. The molecule has 0 atom stereocenters. The maximum atomic E-state index is 10.8. The minimum absolute atomic E-state index is 0. The number of hydrogen-bond donors (Lipinski definition) is 0. The molecule has 0 saturated heterocycles. The van der Waals surface area contributed by atoms with Crippen molar-refractivity contribution in [3.05, 3.63) is 356 Å². The van der Waals surface area contributed by atoms with Gasteiger partial charge in [-0.1, -0.05) is 254 Å². The standard InChI is InChI=1S/C87H62N4OSi.Pt/c1-60-27-24-28-61(2)86(60)66-47-50-81-83(55-66)89(70-35-25-36-71(56-70)92-72-48-49-78-77-43-22-23-45-80(77)91(82(78)57-72)85-51-62(3)79(58-88-85)65-33-14-6-15-34-65)59-90(81)87-76(69-53-67(63-29-10-4-11-30-63)52-68(54-69)64-31-12-5-13-32-64)44-26-46-84(87)93(73-37-16-7-17-38-73,74-39-18-8-19-40-74)75-41-20-9-21-42-75;/h4-55,58H,1-3H3;/q-2;/i1D3,2D3,3D3,4D,5D,6D,7D,8D,9D,10D,11D,12D,13D,14D,15D,16D,17D,18D,19D,20D,21D,29D,30D,31D,32D,33D,34D,37D,38D,39D,40D,41D,42D,52D,53D,54D;. The number of fused-ring (bicyclic) bond motifs is 4. The molecular formula is C87H62N4OPtSi-2. The van der Waals surface area contributed by atoms with Crippen molar-refractivity contribution in [2.24, 2.45) is 0 Å². The monoisotopic (exact) mass is 1440 g/mol. The molecule has 0 unspecified atom stereocenters. The van der Waals surface area contributed by atoms with Gasteiger partial charge in [-0.2, -0.15) is 18.2 Å². The van der Waals surface area contributed by atoms with Gasteiger partial charge in [0.2, 0.25) is 0 Å². The van der Waals surface area contributed by atoms with Crippen LogP contribution in [0.15, 0.2) is 321 Å². The zero-order valence-electron chi connectivity index (χ0n) is 90.1. The molecule has 7 heteroatoms. The molecule has 0 saturated carbocycles. The van der Waals surface area contributed by atoms with Crippen molar-refractivity contribution in [2.75, 3.05) is 0 Å². The van der Waals surface area contributed by atoms with Crippen molar-refractivity contribution in [2.45, 2.75) is 20.6 Å². The Labute approximate surface area is 623 Å². The van der Waals surface area contributed by atoms with Crippen LogP contribution in [-0.4, -0.2) is 22.2 Å². The zero-order valence-corrected chi connectivity index (χ0v) is 51.3. The summed E-state index contributed by atoms with van der Waals surface area (Å²) in [6.07, 6.45) is 4.27. The molecule has 0 spiro atoms. The molecule has 3 aromatic heterocycles. The van der Waals surface area contributed by atoms with Crippen LogP contribution in [-0.2, 0) is 21.1 Å². The predicted octanol–water partition coefficient (Wildman–Crippen LogP) is 18.2. The van der Waals surface area contributed by atoms with Gasteiger partial charge < -0.3 is 13.9 Å². The van der Waals surface area contributed by atoms with Gasteiger partial charge in [0, 0.05) is 62.2 Å². The quantitative estimate of drug-likeness (QED) is 0.0471. The first kappa shape index (κ1) is 28.9. The van der Waals surface area contributed by atoms with Gasteiger partial charge in [-0.3, -0.25) is 4.57 Å². The fourth-order valence-electron chi connectivity index (χ4n) is 11.5. The van der Waals surface area contributed by atoms with Crippen LogP contribution in [0.1, 0.15) is 74.3 Å². The second-order valence-corrected chi connectivity index (χ2v) is 24.2. The minimum Gasteiger partial charge on any atom is -0.510 e. The van der Waals surface area contributed by atoms with E-state index in [0.29, 0.717) is 16.3 Å². The van der Waals surface area contributed by atoms with Gasteiger partial charge in [0.25, 0.3) is 6.33 Å². The van der Waals surface area contributed by atoms with Crippen LogP contribution in [0, 0.1) is 39.0 Å². The Hall–Kier alpha value is -11.0. The number of nitrogens with zero attached hydrogens (tertiary/aromatic N) is 4. The first-order valence-corrected chi connectivity index (χ1v) is 30.2. The fraction of sp³-hybridized carbons (Fsp3) is 0.0345. The largest absolute Gasteiger partial charge is 0.510 e. The van der Waals surface area contributed by atoms with E-state index in [-0.39, 0.29) is 71.7 Å². The summed E-state index contributed by atoms with van der Waals surface area (Å²) in [7, 11) is -6.70. The molecule has 16 aromatic rings. The molecule has 0 aliphatic rings. The average Bonchev–Trinajstić information content (AvgIpc) is 0.805. The van der Waals surface area contributed by atoms with Crippen LogP contribution in [0.3, 0.4) is 0 Å². The molecule has 0 bridgehead atoms. The Morgan fingerprint density at radius 1 is 0.457 bits per heavy atom. The summed E-state index contributed by atoms with van der Waals surface area (Å²) >= 11 is 0. The normalized spacial score (nSPS) is 18.2. The number of ether oxygens (including phenoxy) is 1. The van der Waals surface area contributed by atoms with Crippen molar-refractivity contribution in [1.82, 2.24) is 14.1 Å². The van der Waals surface area contributed by atoms with Crippen LogP contribution >= 0.6 is 0 Å². The van der Waals surface area contributed by atoms with E-state index in [0.717, 1.165) is 45.7 Å². The van der Waals surface area contributed by atoms with Crippen LogP contribution in [0.4, 0.5) is 0 Å². The van der Waals surface area contributed by atoms with Gasteiger partial charge in [0.05, 0.1) is 62.0 Å². The third-order valence-corrected chi connectivity index (χ3v) is 19.7. The summed E-state index contributed by atoms with van der Waals surface area (Å²) in [6.45, 7) is -9.30. The predicted molar refractivity (Wildman–Crippen MR) is 385 cm³/mol. The second-order valence-electron chi connectivity index (χ2n) is 20.7. The van der Waals surface area contributed by atoms with Gasteiger partial charge in [-0.15, -0.1) is 29.7 Å². The van der Waals surface area contributed by atoms with Crippen molar-refractivity contribution in [3.8, 4) is 84.3 Å². The number of hydrogen-bond acceptors (Lipinski definition) is 2. The smallest absolute Gasteiger partial charge is 0.268 e. The third-order valence-electron chi connectivity index (χ3n) is 15.5. The Morgan fingerprint density at radius 3 is 1.65 bits per heavy atom. The molecule has 5 nitrogen and oxygen atoms in total. The van der Waals surface area contributed by atoms with E-state index in [1.807, 2.05) is 0 Å². The summed E-state index contributed by atoms with van der Waals surface area (Å²) in [5.74, 6) is -0.439. The van der Waals surface area contributed by atoms with E-state index in [9.17, 15) is 26.0 Å². The summed E-state index contributed by atoms with van der Waals surface area (Å²) < 4.78 is 402. The summed E-state index contributed by atoms with van der Waals surface area (Å²) in [5.41, 5.74) is -9.94. The molecule has 0 aliphatic heterocycles. The van der Waals surface area contributed by atoms with E-state index in [1.54, 1.807) is 30.3 Å². The third kappa shape index (κ3) is 10.6. The van der Waals surface area contributed by atoms with E-state index in [4.69, 9.17) is 36.3 Å². The Kier molecular flexibility index (Phi) is 7.75. The van der Waals surface area contributed by atoms with Gasteiger partial charge in [0.1, 0.15) is 5.82 Å². The molecular weight excluding hydrogens is 1340 g/mol. The second kappa shape index (κ2) is 25.2. The minimum atomic E-state index is -6.70. The first-order valence-electron chi connectivity index (χ1n) is 49.2. The number of benzene rings is 13. The summed E-state index contributed by atoms with van der Waals surface area (Å²) in [6, 6.07) is -5.24. The molecule has 94 heavy (non-hydrogen) atoms. The van der Waals surface area contributed by atoms with Crippen LogP contribution in [0.25, 0.3) is 106 Å². The molecule has 0 N–H and O–H groups in total. The van der Waals surface area contributed by atoms with Crippen molar-refractivity contribution >= 4 is 61.7 Å². The molecule has 452 valence electrons. The van der Waals surface area contributed by atoms with Gasteiger partial charge in [0.15, 0.2) is 8.07 Å². The molecule has 0 fully saturated rings. The SMILES string of the molecule is [2H]c1c([2H])c([2H])c(-c2cnc(-n3c4[c-]c(Oc5[c-]c(-n6[c-][n+](-c7c(-c8c([2H])c(-c9c([2H])c([2H])c([2H])c([2H])c9[2H])c([2H])c(-c9c([2H])c([2H])c([2H])c([2H])c9[2H])c8[2H])cccc7[Si](c7c([2H])c([2H])c([2H])c([2H])c7[2H])(c7c([2H])c([2H])c([2H])c([2H])c7[2H])c7c([2H])c([2H])c([2H])c([2H])c7[2H])c7ccc(-c8c(C([2H])([2H])[2H])cccc8C([2H])([2H])[2H])cc76)ccc5)ccc4c4ccccc43)cc2C([2H])([2H])[2H])c([2H])c1[2H].[Pt]. The molecule has 16 rings (SSSR count). The number of imidazole rings is 1. The van der Waals surface area contributed by atoms with Crippen molar-refractivity contribution in [1.29, 1.82) is 0 Å². The van der Waals surface area contributed by atoms with E-state index >= 15 is 0 Å². The van der Waals surface area contributed by atoms with E-state index < -0.39 is 316 Å². The molecule has 0 aliphatic carbocycles. The Bertz CT molecular complexity index is 7450. The van der Waals surface area contributed by atoms with E-state index in [2.05, 4.69) is 23.4 Å². The van der Waals surface area contributed by atoms with Gasteiger partial charge >= 0.3 is 0 Å². The molecule has 3 heterocycles. The number of para-hydroxylation sites is 2. The topological polar surface area (TPSA) is 35.9 Å². The number of aromatic nitrogens is 4. The maximum Gasteiger partial charge on any atom is 0.268 e. The number of pyridine rings is 1. The van der Waals surface area contributed by atoms with Crippen LogP contribution in [0.2, 0.25) is 0 Å². The van der Waals surface area contributed by atoms with Gasteiger partial charge in [-0.25, -0.2) is 4.98 Å². The Balaban J connectivity index is 0.0000141. The first-order chi connectivity index (χ1) is 63.2. The van der Waals surface area contributed by atoms with Crippen LogP contribution in [0.5, 0.6) is 11.5 Å². The zero-order chi connectivity index (χ0) is 98.6.